The van der Waals surface area contributed by atoms with Crippen molar-refractivity contribution in [2.75, 3.05) is 14.1 Å². The highest BCUT2D eigenvalue weighted by Gasteiger charge is 2.06. The van der Waals surface area contributed by atoms with Crippen molar-refractivity contribution in [1.29, 1.82) is 0 Å². The van der Waals surface area contributed by atoms with Gasteiger partial charge in [-0.1, -0.05) is 24.3 Å². The Bertz CT molecular complexity index is 458. The van der Waals surface area contributed by atoms with Gasteiger partial charge in [0.05, 0.1) is 0 Å². The fraction of sp³-hybridized carbons (Fsp3) is 0.467. The van der Waals surface area contributed by atoms with Crippen molar-refractivity contribution in [3.05, 3.63) is 35.4 Å². The summed E-state index contributed by atoms with van der Waals surface area (Å²) in [5.41, 5.74) is 2.27. The zero-order valence-corrected chi connectivity index (χ0v) is 12.1. The van der Waals surface area contributed by atoms with E-state index in [1.165, 1.54) is 5.56 Å². The van der Waals surface area contributed by atoms with Crippen molar-refractivity contribution in [3.8, 4) is 0 Å². The number of aliphatic carboxylic acids is 1. The molecule has 0 aliphatic carbocycles. The highest BCUT2D eigenvalue weighted by molar-refractivity contribution is 5.76. The van der Waals surface area contributed by atoms with Crippen molar-refractivity contribution in [2.45, 2.75) is 32.4 Å². The Morgan fingerprint density at radius 1 is 1.15 bits per heavy atom. The minimum Gasteiger partial charge on any atom is -0.481 e. The average molecular weight is 278 g/mol. The molecule has 1 amide bonds. The van der Waals surface area contributed by atoms with Gasteiger partial charge in [0.2, 0.25) is 5.91 Å². The second-order valence-corrected chi connectivity index (χ2v) is 5.03. The molecule has 0 heterocycles. The predicted octanol–water partition coefficient (Wildman–Crippen LogP) is 1.62. The van der Waals surface area contributed by atoms with Crippen LogP contribution in [0.2, 0.25) is 0 Å². The van der Waals surface area contributed by atoms with E-state index in [4.69, 9.17) is 5.11 Å². The van der Waals surface area contributed by atoms with E-state index < -0.39 is 5.97 Å². The second-order valence-electron chi connectivity index (χ2n) is 5.03. The lowest BCUT2D eigenvalue weighted by Gasteiger charge is -2.14. The Morgan fingerprint density at radius 2 is 1.80 bits per heavy atom. The van der Waals surface area contributed by atoms with Crippen LogP contribution < -0.4 is 5.32 Å². The fourth-order valence-corrected chi connectivity index (χ4v) is 1.91. The first-order valence-corrected chi connectivity index (χ1v) is 6.69. The monoisotopic (exact) mass is 278 g/mol. The van der Waals surface area contributed by atoms with Crippen molar-refractivity contribution in [2.24, 2.45) is 0 Å². The Balaban J connectivity index is 2.44. The van der Waals surface area contributed by atoms with Crippen LogP contribution in [0.15, 0.2) is 24.3 Å². The van der Waals surface area contributed by atoms with E-state index in [-0.39, 0.29) is 18.7 Å². The first-order valence-electron chi connectivity index (χ1n) is 6.69. The Hall–Kier alpha value is -1.88. The molecule has 5 nitrogen and oxygen atoms in total. The third-order valence-corrected chi connectivity index (χ3v) is 2.88. The Morgan fingerprint density at radius 3 is 2.40 bits per heavy atom. The molecule has 1 aromatic rings. The summed E-state index contributed by atoms with van der Waals surface area (Å²) in [5.74, 6) is -0.972. The van der Waals surface area contributed by atoms with Crippen LogP contribution in [-0.2, 0) is 22.7 Å². The van der Waals surface area contributed by atoms with Crippen LogP contribution in [0.1, 0.15) is 30.4 Å². The number of hydrogen-bond donors (Lipinski definition) is 2. The van der Waals surface area contributed by atoms with Gasteiger partial charge in [0.1, 0.15) is 0 Å². The highest BCUT2D eigenvalue weighted by Crippen LogP contribution is 2.10. The molecule has 0 unspecified atom stereocenters. The van der Waals surface area contributed by atoms with Crippen LogP contribution in [0.4, 0.5) is 0 Å². The number of benzene rings is 1. The van der Waals surface area contributed by atoms with Crippen LogP contribution in [0.3, 0.4) is 0 Å². The van der Waals surface area contributed by atoms with E-state index in [1.807, 2.05) is 38.4 Å². The van der Waals surface area contributed by atoms with Gasteiger partial charge in [-0.2, -0.15) is 0 Å². The number of nitrogens with zero attached hydrogens (tertiary/aromatic N) is 1. The van der Waals surface area contributed by atoms with Gasteiger partial charge in [-0.15, -0.1) is 0 Å². The number of rotatable bonds is 8. The van der Waals surface area contributed by atoms with Crippen LogP contribution in [0.5, 0.6) is 0 Å². The molecule has 0 aromatic heterocycles. The largest absolute Gasteiger partial charge is 0.481 e. The lowest BCUT2D eigenvalue weighted by molar-refractivity contribution is -0.137. The maximum atomic E-state index is 11.6. The fourth-order valence-electron chi connectivity index (χ4n) is 1.91. The third kappa shape index (κ3) is 6.33. The summed E-state index contributed by atoms with van der Waals surface area (Å²) in [5, 5.41) is 11.4. The van der Waals surface area contributed by atoms with Gasteiger partial charge in [-0.05, 0) is 31.6 Å². The van der Waals surface area contributed by atoms with E-state index in [0.717, 1.165) is 12.1 Å². The summed E-state index contributed by atoms with van der Waals surface area (Å²) in [6, 6.07) is 7.98. The number of hydrogen-bond acceptors (Lipinski definition) is 3. The topological polar surface area (TPSA) is 69.6 Å². The lowest BCUT2D eigenvalue weighted by atomic mass is 10.1. The average Bonchev–Trinajstić information content (AvgIpc) is 2.36. The molecule has 1 aromatic carbocycles. The molecule has 0 spiro atoms. The highest BCUT2D eigenvalue weighted by atomic mass is 16.4. The molecule has 1 rings (SSSR count). The molecule has 20 heavy (non-hydrogen) atoms. The molecule has 0 bridgehead atoms. The molecule has 5 heteroatoms. The Kier molecular flexibility index (Phi) is 6.73. The minimum absolute atomic E-state index is 0.0324. The van der Waals surface area contributed by atoms with Crippen molar-refractivity contribution in [3.63, 3.8) is 0 Å². The summed E-state index contributed by atoms with van der Waals surface area (Å²) in [7, 11) is 4.00. The molecule has 0 saturated heterocycles. The maximum absolute atomic E-state index is 11.6. The summed E-state index contributed by atoms with van der Waals surface area (Å²) >= 11 is 0. The Labute approximate surface area is 119 Å². The van der Waals surface area contributed by atoms with Gasteiger partial charge in [0.15, 0.2) is 0 Å². The lowest BCUT2D eigenvalue weighted by Crippen LogP contribution is -2.24. The van der Waals surface area contributed by atoms with Gasteiger partial charge in [0.25, 0.3) is 0 Å². The first-order chi connectivity index (χ1) is 9.49. The van der Waals surface area contributed by atoms with Crippen molar-refractivity contribution in [1.82, 2.24) is 10.2 Å². The zero-order valence-electron chi connectivity index (χ0n) is 12.1. The zero-order chi connectivity index (χ0) is 15.0. The summed E-state index contributed by atoms with van der Waals surface area (Å²) in [6.45, 7) is 1.31. The van der Waals surface area contributed by atoms with E-state index >= 15 is 0 Å². The van der Waals surface area contributed by atoms with Crippen LogP contribution in [0.25, 0.3) is 0 Å². The number of carbonyl (C=O) groups excluding carboxylic acids is 1. The maximum Gasteiger partial charge on any atom is 0.303 e. The van der Waals surface area contributed by atoms with E-state index in [1.54, 1.807) is 0 Å². The minimum atomic E-state index is -0.867. The second kappa shape index (κ2) is 8.32. The number of amides is 1. The molecular weight excluding hydrogens is 256 g/mol. The molecule has 110 valence electrons. The SMILES string of the molecule is CN(C)Cc1ccccc1CNC(=O)CCCC(=O)O. The standard InChI is InChI=1S/C15H22N2O3/c1-17(2)11-13-7-4-3-6-12(13)10-16-14(18)8-5-9-15(19)20/h3-4,6-7H,5,8-11H2,1-2H3,(H,16,18)(H,19,20). The molecule has 0 saturated carbocycles. The van der Waals surface area contributed by atoms with Crippen LogP contribution >= 0.6 is 0 Å². The number of carbonyl (C=O) groups is 2. The molecular formula is C15H22N2O3. The molecule has 0 radical (unpaired) electrons. The number of carboxylic acid groups (broad SMARTS) is 1. The van der Waals surface area contributed by atoms with Crippen molar-refractivity contribution >= 4 is 11.9 Å². The van der Waals surface area contributed by atoms with Gasteiger partial charge in [-0.3, -0.25) is 9.59 Å². The van der Waals surface area contributed by atoms with Gasteiger partial charge < -0.3 is 15.3 Å². The third-order valence-electron chi connectivity index (χ3n) is 2.88. The van der Waals surface area contributed by atoms with Crippen LogP contribution in [0, 0.1) is 0 Å². The van der Waals surface area contributed by atoms with Crippen LogP contribution in [-0.4, -0.2) is 36.0 Å². The molecule has 2 N–H and O–H groups in total. The van der Waals surface area contributed by atoms with Gasteiger partial charge in [0, 0.05) is 25.9 Å². The summed E-state index contributed by atoms with van der Waals surface area (Å²) in [6.07, 6.45) is 0.660. The van der Waals surface area contributed by atoms with Gasteiger partial charge >= 0.3 is 5.97 Å². The molecule has 0 aliphatic heterocycles. The summed E-state index contributed by atoms with van der Waals surface area (Å²) < 4.78 is 0. The molecule has 0 aliphatic rings. The van der Waals surface area contributed by atoms with E-state index in [0.29, 0.717) is 13.0 Å². The molecule has 0 fully saturated rings. The predicted molar refractivity (Wildman–Crippen MR) is 77.2 cm³/mol. The van der Waals surface area contributed by atoms with Gasteiger partial charge in [-0.25, -0.2) is 0 Å². The number of carboxylic acids is 1. The van der Waals surface area contributed by atoms with E-state index in [9.17, 15) is 9.59 Å². The quantitative estimate of drug-likeness (QED) is 0.758. The van der Waals surface area contributed by atoms with Crippen molar-refractivity contribution < 1.29 is 14.7 Å². The molecule has 0 atom stereocenters. The smallest absolute Gasteiger partial charge is 0.303 e. The normalized spacial score (nSPS) is 10.6. The van der Waals surface area contributed by atoms with E-state index in [2.05, 4.69) is 10.2 Å². The summed E-state index contributed by atoms with van der Waals surface area (Å²) in [4.78, 5) is 24.1. The first kappa shape index (κ1) is 16.2. The number of nitrogens with one attached hydrogen (secondary N) is 1.